The fraction of sp³-hybridized carbons (Fsp3) is 0.333. The van der Waals surface area contributed by atoms with E-state index in [0.29, 0.717) is 11.8 Å². The fourth-order valence-electron chi connectivity index (χ4n) is 2.30. The Kier molecular flexibility index (Phi) is 7.64. The zero-order valence-corrected chi connectivity index (χ0v) is 15.0. The van der Waals surface area contributed by atoms with Gasteiger partial charge in [0.2, 0.25) is 5.91 Å². The lowest BCUT2D eigenvalue weighted by molar-refractivity contribution is -0.137. The normalized spacial score (nSPS) is 13.8. The Labute approximate surface area is 158 Å². The summed E-state index contributed by atoms with van der Waals surface area (Å²) in [6.07, 6.45) is -4.45. The van der Waals surface area contributed by atoms with Gasteiger partial charge in [0.25, 0.3) is 0 Å². The summed E-state index contributed by atoms with van der Waals surface area (Å²) in [5, 5.41) is 22.5. The molecule has 2 aromatic rings. The topological polar surface area (TPSA) is 82.5 Å². The van der Waals surface area contributed by atoms with Crippen molar-refractivity contribution < 1.29 is 28.2 Å². The molecule has 2 atom stereocenters. The first kappa shape index (κ1) is 21.2. The van der Waals surface area contributed by atoms with E-state index < -0.39 is 29.8 Å². The molecule has 146 valence electrons. The Morgan fingerprint density at radius 2 is 1.89 bits per heavy atom. The molecule has 5 nitrogen and oxygen atoms in total. The summed E-state index contributed by atoms with van der Waals surface area (Å²) < 4.78 is 37.5. The largest absolute Gasteiger partial charge is 0.417 e. The summed E-state index contributed by atoms with van der Waals surface area (Å²) in [5.41, 5.74) is -0.180. The van der Waals surface area contributed by atoms with E-state index in [1.165, 1.54) is 6.07 Å². The monoisotopic (exact) mass is 400 g/mol. The van der Waals surface area contributed by atoms with Gasteiger partial charge in [-0.25, -0.2) is 4.98 Å². The standard InChI is InChI=1S/C18H19F3N2O3S/c19-18(20,21)13-6-7-17(22-9-13)27-11-16(26)23-14(10-24)8-15(25)12-4-2-1-3-5-12/h1-7,9,14-15,24-25H,8,10-11H2,(H,23,26)/t14-,15-/m0/s1. The van der Waals surface area contributed by atoms with Crippen LogP contribution in [0.3, 0.4) is 0 Å². The van der Waals surface area contributed by atoms with Crippen molar-refractivity contribution in [2.24, 2.45) is 0 Å². The second kappa shape index (κ2) is 9.72. The highest BCUT2D eigenvalue weighted by atomic mass is 32.2. The van der Waals surface area contributed by atoms with Crippen LogP contribution in [0.5, 0.6) is 0 Å². The lowest BCUT2D eigenvalue weighted by Gasteiger charge is -2.20. The average Bonchev–Trinajstić information content (AvgIpc) is 2.66. The lowest BCUT2D eigenvalue weighted by Crippen LogP contribution is -2.39. The molecule has 0 bridgehead atoms. The number of aliphatic hydroxyl groups is 2. The summed E-state index contributed by atoms with van der Waals surface area (Å²) in [6, 6.07) is 10.3. The number of halogens is 3. The number of nitrogens with zero attached hydrogens (tertiary/aromatic N) is 1. The Hall–Kier alpha value is -2.10. The van der Waals surface area contributed by atoms with Gasteiger partial charge >= 0.3 is 6.18 Å². The van der Waals surface area contributed by atoms with E-state index in [1.54, 1.807) is 24.3 Å². The van der Waals surface area contributed by atoms with Gasteiger partial charge in [0.15, 0.2) is 0 Å². The zero-order chi connectivity index (χ0) is 19.9. The number of benzene rings is 1. The van der Waals surface area contributed by atoms with Crippen molar-refractivity contribution in [2.75, 3.05) is 12.4 Å². The highest BCUT2D eigenvalue weighted by molar-refractivity contribution is 7.99. The summed E-state index contributed by atoms with van der Waals surface area (Å²) in [6.45, 7) is -0.348. The predicted octanol–water partition coefficient (Wildman–Crippen LogP) is 2.79. The first-order valence-electron chi connectivity index (χ1n) is 8.09. The Morgan fingerprint density at radius 1 is 1.19 bits per heavy atom. The van der Waals surface area contributed by atoms with Gasteiger partial charge in [-0.1, -0.05) is 42.1 Å². The van der Waals surface area contributed by atoms with Crippen molar-refractivity contribution in [3.05, 3.63) is 59.8 Å². The molecule has 0 saturated carbocycles. The lowest BCUT2D eigenvalue weighted by atomic mass is 10.0. The summed E-state index contributed by atoms with van der Waals surface area (Å²) in [5.74, 6) is -0.489. The first-order valence-corrected chi connectivity index (χ1v) is 9.07. The maximum Gasteiger partial charge on any atom is 0.417 e. The van der Waals surface area contributed by atoms with Crippen molar-refractivity contribution >= 4 is 17.7 Å². The minimum Gasteiger partial charge on any atom is -0.394 e. The van der Waals surface area contributed by atoms with E-state index in [9.17, 15) is 28.2 Å². The van der Waals surface area contributed by atoms with Crippen LogP contribution >= 0.6 is 11.8 Å². The molecule has 1 amide bonds. The minimum atomic E-state index is -4.46. The Morgan fingerprint density at radius 3 is 2.44 bits per heavy atom. The number of nitrogens with one attached hydrogen (secondary N) is 1. The van der Waals surface area contributed by atoms with Crippen LogP contribution in [0.1, 0.15) is 23.7 Å². The van der Waals surface area contributed by atoms with Gasteiger partial charge in [-0.05, 0) is 24.1 Å². The van der Waals surface area contributed by atoms with E-state index in [1.807, 2.05) is 6.07 Å². The molecule has 0 saturated heterocycles. The third kappa shape index (κ3) is 6.85. The van der Waals surface area contributed by atoms with E-state index >= 15 is 0 Å². The van der Waals surface area contributed by atoms with Crippen LogP contribution in [-0.4, -0.2) is 39.5 Å². The summed E-state index contributed by atoms with van der Waals surface area (Å²) in [4.78, 5) is 15.7. The smallest absolute Gasteiger partial charge is 0.394 e. The second-order valence-electron chi connectivity index (χ2n) is 5.78. The van der Waals surface area contributed by atoms with Crippen LogP contribution in [0.15, 0.2) is 53.7 Å². The van der Waals surface area contributed by atoms with Gasteiger partial charge in [-0.3, -0.25) is 4.79 Å². The number of carbonyl (C=O) groups is 1. The summed E-state index contributed by atoms with van der Waals surface area (Å²) >= 11 is 0.981. The maximum atomic E-state index is 12.5. The molecular weight excluding hydrogens is 381 g/mol. The molecule has 0 spiro atoms. The van der Waals surface area contributed by atoms with Crippen LogP contribution < -0.4 is 5.32 Å². The molecule has 0 radical (unpaired) electrons. The highest BCUT2D eigenvalue weighted by Gasteiger charge is 2.30. The molecule has 0 fully saturated rings. The van der Waals surface area contributed by atoms with E-state index in [0.717, 1.165) is 17.8 Å². The molecule has 9 heteroatoms. The number of hydrogen-bond acceptors (Lipinski definition) is 5. The molecule has 1 aromatic heterocycles. The number of hydrogen-bond donors (Lipinski definition) is 3. The van der Waals surface area contributed by atoms with Crippen LogP contribution in [0.4, 0.5) is 13.2 Å². The number of aliphatic hydroxyl groups excluding tert-OH is 2. The van der Waals surface area contributed by atoms with Gasteiger partial charge in [-0.15, -0.1) is 0 Å². The average molecular weight is 400 g/mol. The molecule has 3 N–H and O–H groups in total. The number of amides is 1. The van der Waals surface area contributed by atoms with E-state index in [-0.39, 0.29) is 23.8 Å². The molecule has 2 rings (SSSR count). The van der Waals surface area contributed by atoms with Crippen molar-refractivity contribution in [3.8, 4) is 0 Å². The highest BCUT2D eigenvalue weighted by Crippen LogP contribution is 2.29. The van der Waals surface area contributed by atoms with Gasteiger partial charge in [0.1, 0.15) is 0 Å². The number of alkyl halides is 3. The number of thioether (sulfide) groups is 1. The number of carbonyl (C=O) groups excluding carboxylic acids is 1. The number of aromatic nitrogens is 1. The molecule has 27 heavy (non-hydrogen) atoms. The molecule has 0 aliphatic rings. The van der Waals surface area contributed by atoms with Crippen molar-refractivity contribution in [1.29, 1.82) is 0 Å². The minimum absolute atomic E-state index is 0.0731. The summed E-state index contributed by atoms with van der Waals surface area (Å²) in [7, 11) is 0. The third-order valence-corrected chi connectivity index (χ3v) is 4.64. The quantitative estimate of drug-likeness (QED) is 0.594. The molecular formula is C18H19F3N2O3S. The Bertz CT molecular complexity index is 727. The SMILES string of the molecule is O=C(CSc1ccc(C(F)(F)F)cn1)N[C@H](CO)C[C@H](O)c1ccccc1. The van der Waals surface area contributed by atoms with Crippen molar-refractivity contribution in [1.82, 2.24) is 10.3 Å². The molecule has 0 unspecified atom stereocenters. The maximum absolute atomic E-state index is 12.5. The van der Waals surface area contributed by atoms with Crippen LogP contribution in [-0.2, 0) is 11.0 Å². The fourth-order valence-corrected chi connectivity index (χ4v) is 2.96. The van der Waals surface area contributed by atoms with Gasteiger partial charge in [-0.2, -0.15) is 13.2 Å². The van der Waals surface area contributed by atoms with Gasteiger partial charge < -0.3 is 15.5 Å². The van der Waals surface area contributed by atoms with Crippen LogP contribution in [0, 0.1) is 0 Å². The van der Waals surface area contributed by atoms with Crippen LogP contribution in [0.25, 0.3) is 0 Å². The zero-order valence-electron chi connectivity index (χ0n) is 14.2. The first-order chi connectivity index (χ1) is 12.8. The van der Waals surface area contributed by atoms with E-state index in [2.05, 4.69) is 10.3 Å². The van der Waals surface area contributed by atoms with E-state index in [4.69, 9.17) is 0 Å². The second-order valence-corrected chi connectivity index (χ2v) is 6.78. The molecule has 1 heterocycles. The molecule has 1 aromatic carbocycles. The number of rotatable bonds is 8. The molecule has 0 aliphatic heterocycles. The van der Waals surface area contributed by atoms with Crippen molar-refractivity contribution in [3.63, 3.8) is 0 Å². The van der Waals surface area contributed by atoms with Crippen molar-refractivity contribution in [2.45, 2.75) is 29.8 Å². The Balaban J connectivity index is 1.83. The van der Waals surface area contributed by atoms with Gasteiger partial charge in [0.05, 0.1) is 35.1 Å². The molecule has 0 aliphatic carbocycles. The third-order valence-electron chi connectivity index (χ3n) is 3.69. The van der Waals surface area contributed by atoms with Crippen LogP contribution in [0.2, 0.25) is 0 Å². The predicted molar refractivity (Wildman–Crippen MR) is 95.0 cm³/mol. The number of pyridine rings is 1. The van der Waals surface area contributed by atoms with Gasteiger partial charge in [0, 0.05) is 6.20 Å².